The minimum absolute atomic E-state index is 0.747. The Kier molecular flexibility index (Phi) is 3.01. The molecule has 0 aliphatic carbocycles. The fourth-order valence-corrected chi connectivity index (χ4v) is 3.32. The molecular formula is C13H13N3S2. The molecule has 0 saturated heterocycles. The van der Waals surface area contributed by atoms with E-state index in [-0.39, 0.29) is 0 Å². The van der Waals surface area contributed by atoms with E-state index in [1.165, 1.54) is 15.1 Å². The van der Waals surface area contributed by atoms with Crippen molar-refractivity contribution in [2.24, 2.45) is 0 Å². The van der Waals surface area contributed by atoms with Gasteiger partial charge in [0.15, 0.2) is 5.13 Å². The van der Waals surface area contributed by atoms with Crippen molar-refractivity contribution in [1.82, 2.24) is 9.97 Å². The molecule has 0 bridgehead atoms. The molecule has 0 aliphatic heterocycles. The highest BCUT2D eigenvalue weighted by molar-refractivity contribution is 7.22. The maximum absolute atomic E-state index is 4.58. The SMILES string of the molecule is Cc1ccc2sc(NCc3ncc(C)s3)nc2c1. The maximum atomic E-state index is 4.58. The van der Waals surface area contributed by atoms with Gasteiger partial charge in [0.2, 0.25) is 0 Å². The van der Waals surface area contributed by atoms with Crippen molar-refractivity contribution >= 4 is 38.0 Å². The summed E-state index contributed by atoms with van der Waals surface area (Å²) < 4.78 is 1.22. The van der Waals surface area contributed by atoms with Crippen molar-refractivity contribution in [3.63, 3.8) is 0 Å². The molecule has 0 radical (unpaired) electrons. The number of rotatable bonds is 3. The summed E-state index contributed by atoms with van der Waals surface area (Å²) in [6, 6.07) is 6.36. The zero-order chi connectivity index (χ0) is 12.5. The first-order valence-corrected chi connectivity index (χ1v) is 7.36. The van der Waals surface area contributed by atoms with Gasteiger partial charge < -0.3 is 5.32 Å². The Bertz CT molecular complexity index is 684. The maximum Gasteiger partial charge on any atom is 0.184 e. The van der Waals surface area contributed by atoms with Crippen molar-refractivity contribution in [2.75, 3.05) is 5.32 Å². The lowest BCUT2D eigenvalue weighted by Gasteiger charge is -1.97. The summed E-state index contributed by atoms with van der Waals surface area (Å²) in [5.41, 5.74) is 2.31. The van der Waals surface area contributed by atoms with Crippen LogP contribution in [0, 0.1) is 13.8 Å². The molecule has 3 aromatic rings. The predicted octanol–water partition coefficient (Wildman–Crippen LogP) is 3.98. The van der Waals surface area contributed by atoms with Gasteiger partial charge in [0.05, 0.1) is 16.8 Å². The highest BCUT2D eigenvalue weighted by Crippen LogP contribution is 2.27. The van der Waals surface area contributed by atoms with Gasteiger partial charge in [0, 0.05) is 11.1 Å². The molecule has 0 fully saturated rings. The van der Waals surface area contributed by atoms with Gasteiger partial charge in [-0.2, -0.15) is 0 Å². The number of fused-ring (bicyclic) bond motifs is 1. The lowest BCUT2D eigenvalue weighted by atomic mass is 10.2. The van der Waals surface area contributed by atoms with Gasteiger partial charge in [-0.05, 0) is 31.5 Å². The van der Waals surface area contributed by atoms with Crippen LogP contribution in [0.3, 0.4) is 0 Å². The average molecular weight is 275 g/mol. The van der Waals surface area contributed by atoms with Crippen LogP contribution in [0.15, 0.2) is 24.4 Å². The van der Waals surface area contributed by atoms with Gasteiger partial charge in [0.1, 0.15) is 5.01 Å². The Morgan fingerprint density at radius 3 is 2.89 bits per heavy atom. The number of thiazole rings is 2. The van der Waals surface area contributed by atoms with E-state index in [1.54, 1.807) is 22.7 Å². The van der Waals surface area contributed by atoms with Gasteiger partial charge in [-0.15, -0.1) is 11.3 Å². The zero-order valence-corrected chi connectivity index (χ0v) is 11.9. The van der Waals surface area contributed by atoms with E-state index < -0.39 is 0 Å². The van der Waals surface area contributed by atoms with Gasteiger partial charge in [-0.3, -0.25) is 0 Å². The second kappa shape index (κ2) is 4.66. The molecule has 2 aromatic heterocycles. The quantitative estimate of drug-likeness (QED) is 0.785. The number of aryl methyl sites for hydroxylation is 2. The number of nitrogens with one attached hydrogen (secondary N) is 1. The largest absolute Gasteiger partial charge is 0.355 e. The molecular weight excluding hydrogens is 262 g/mol. The first kappa shape index (κ1) is 11.6. The fourth-order valence-electron chi connectivity index (χ4n) is 1.75. The number of anilines is 1. The van der Waals surface area contributed by atoms with Crippen LogP contribution in [0.25, 0.3) is 10.2 Å². The van der Waals surface area contributed by atoms with Gasteiger partial charge in [0.25, 0.3) is 0 Å². The minimum Gasteiger partial charge on any atom is -0.355 e. The lowest BCUT2D eigenvalue weighted by molar-refractivity contribution is 1.10. The monoisotopic (exact) mass is 275 g/mol. The summed E-state index contributed by atoms with van der Waals surface area (Å²) in [5, 5.41) is 5.40. The lowest BCUT2D eigenvalue weighted by Crippen LogP contribution is -1.97. The van der Waals surface area contributed by atoms with Crippen molar-refractivity contribution in [3.05, 3.63) is 39.8 Å². The highest BCUT2D eigenvalue weighted by Gasteiger charge is 2.04. The number of benzene rings is 1. The molecule has 3 nitrogen and oxygen atoms in total. The van der Waals surface area contributed by atoms with E-state index in [0.717, 1.165) is 22.2 Å². The van der Waals surface area contributed by atoms with E-state index in [4.69, 9.17) is 0 Å². The van der Waals surface area contributed by atoms with E-state index in [2.05, 4.69) is 47.3 Å². The third-order valence-corrected chi connectivity index (χ3v) is 4.51. The summed E-state index contributed by atoms with van der Waals surface area (Å²) in [5.74, 6) is 0. The van der Waals surface area contributed by atoms with Crippen molar-refractivity contribution in [3.8, 4) is 0 Å². The number of aromatic nitrogens is 2. The van der Waals surface area contributed by atoms with Crippen molar-refractivity contribution in [1.29, 1.82) is 0 Å². The van der Waals surface area contributed by atoms with Crippen LogP contribution in [0.5, 0.6) is 0 Å². The highest BCUT2D eigenvalue weighted by atomic mass is 32.1. The number of hydrogen-bond acceptors (Lipinski definition) is 5. The molecule has 0 saturated carbocycles. The third kappa shape index (κ3) is 2.37. The van der Waals surface area contributed by atoms with Crippen LogP contribution < -0.4 is 5.32 Å². The average Bonchev–Trinajstić information content (AvgIpc) is 2.92. The topological polar surface area (TPSA) is 37.8 Å². The number of hydrogen-bond donors (Lipinski definition) is 1. The molecule has 0 spiro atoms. The Hall–Kier alpha value is -1.46. The Balaban J connectivity index is 1.78. The summed E-state index contributed by atoms with van der Waals surface area (Å²) in [6.45, 7) is 4.91. The van der Waals surface area contributed by atoms with E-state index in [0.29, 0.717) is 0 Å². The summed E-state index contributed by atoms with van der Waals surface area (Å²) >= 11 is 3.41. The first-order chi connectivity index (χ1) is 8.70. The smallest absolute Gasteiger partial charge is 0.184 e. The van der Waals surface area contributed by atoms with E-state index in [1.807, 2.05) is 6.20 Å². The summed E-state index contributed by atoms with van der Waals surface area (Å²) in [6.07, 6.45) is 1.91. The first-order valence-electron chi connectivity index (χ1n) is 5.73. The zero-order valence-electron chi connectivity index (χ0n) is 10.2. The van der Waals surface area contributed by atoms with Crippen LogP contribution in [0.2, 0.25) is 0 Å². The van der Waals surface area contributed by atoms with Crippen LogP contribution in [0.1, 0.15) is 15.4 Å². The molecule has 5 heteroatoms. The van der Waals surface area contributed by atoms with Gasteiger partial charge in [-0.1, -0.05) is 17.4 Å². The Labute approximate surface area is 114 Å². The second-order valence-corrected chi connectivity index (χ2v) is 6.56. The van der Waals surface area contributed by atoms with Crippen molar-refractivity contribution < 1.29 is 0 Å². The summed E-state index contributed by atoms with van der Waals surface area (Å²) in [7, 11) is 0. The molecule has 1 aromatic carbocycles. The molecule has 92 valence electrons. The van der Waals surface area contributed by atoms with Gasteiger partial charge >= 0.3 is 0 Å². The molecule has 1 N–H and O–H groups in total. The second-order valence-electron chi connectivity index (χ2n) is 4.21. The van der Waals surface area contributed by atoms with E-state index >= 15 is 0 Å². The van der Waals surface area contributed by atoms with Crippen molar-refractivity contribution in [2.45, 2.75) is 20.4 Å². The summed E-state index contributed by atoms with van der Waals surface area (Å²) in [4.78, 5) is 10.2. The fraction of sp³-hybridized carbons (Fsp3) is 0.231. The van der Waals surface area contributed by atoms with Crippen LogP contribution in [-0.2, 0) is 6.54 Å². The third-order valence-electron chi connectivity index (χ3n) is 2.60. The van der Waals surface area contributed by atoms with Crippen LogP contribution in [-0.4, -0.2) is 9.97 Å². The molecule has 0 aliphatic rings. The molecule has 0 atom stereocenters. The van der Waals surface area contributed by atoms with Crippen LogP contribution in [0.4, 0.5) is 5.13 Å². The Morgan fingerprint density at radius 1 is 1.22 bits per heavy atom. The molecule has 2 heterocycles. The minimum atomic E-state index is 0.747. The van der Waals surface area contributed by atoms with Crippen LogP contribution >= 0.6 is 22.7 Å². The molecule has 0 unspecified atom stereocenters. The molecule has 0 amide bonds. The number of nitrogens with zero attached hydrogens (tertiary/aromatic N) is 2. The van der Waals surface area contributed by atoms with E-state index in [9.17, 15) is 0 Å². The standard InChI is InChI=1S/C13H13N3S2/c1-8-3-4-11-10(5-8)16-13(18-11)15-7-12-14-6-9(2)17-12/h3-6H,7H2,1-2H3,(H,15,16). The molecule has 18 heavy (non-hydrogen) atoms. The normalized spacial score (nSPS) is 11.0. The van der Waals surface area contributed by atoms with Gasteiger partial charge in [-0.25, -0.2) is 9.97 Å². The molecule has 3 rings (SSSR count). The predicted molar refractivity (Wildman–Crippen MR) is 78.5 cm³/mol. The Morgan fingerprint density at radius 2 is 2.11 bits per heavy atom.